The van der Waals surface area contributed by atoms with Gasteiger partial charge in [0.1, 0.15) is 9.39 Å². The number of likely N-dealkylation sites (N-methyl/N-ethyl adjacent to an activating group) is 1. The number of nitrogens with zero attached hydrogens (tertiary/aromatic N) is 3. The Hall–Kier alpha value is -1.16. The van der Waals surface area contributed by atoms with Crippen molar-refractivity contribution >= 4 is 34.3 Å². The summed E-state index contributed by atoms with van der Waals surface area (Å²) in [5.41, 5.74) is -0.188. The number of carbonyl (C=O) groups is 1. The lowest BCUT2D eigenvalue weighted by molar-refractivity contribution is -0.130. The highest BCUT2D eigenvalue weighted by Gasteiger charge is 2.19. The van der Waals surface area contributed by atoms with E-state index in [1.54, 1.807) is 11.9 Å². The molecule has 1 amide bonds. The lowest BCUT2D eigenvalue weighted by atomic mass is 10.3. The summed E-state index contributed by atoms with van der Waals surface area (Å²) in [6.07, 6.45) is 1.35. The number of hydrogen-bond donors (Lipinski definition) is 2. The lowest BCUT2D eigenvalue weighted by Crippen LogP contribution is -2.49. The van der Waals surface area contributed by atoms with Gasteiger partial charge < -0.3 is 20.1 Å². The summed E-state index contributed by atoms with van der Waals surface area (Å²) in [5.74, 6) is 0.592. The van der Waals surface area contributed by atoms with Gasteiger partial charge in [0.15, 0.2) is 0 Å². The maximum absolute atomic E-state index is 12.1. The van der Waals surface area contributed by atoms with Crippen LogP contribution in [0.2, 0.25) is 0 Å². The number of carbonyl (C=O) groups excluding carboxylic acids is 1. The number of halogens is 1. The first-order valence-electron chi connectivity index (χ1n) is 6.02. The van der Waals surface area contributed by atoms with Crippen molar-refractivity contribution in [2.75, 3.05) is 44.7 Å². The summed E-state index contributed by atoms with van der Waals surface area (Å²) in [6, 6.07) is 0. The third-order valence-corrected chi connectivity index (χ3v) is 3.95. The Kier molecular flexibility index (Phi) is 4.75. The Morgan fingerprint density at radius 1 is 1.53 bits per heavy atom. The zero-order valence-electron chi connectivity index (χ0n) is 10.6. The van der Waals surface area contributed by atoms with E-state index in [9.17, 15) is 9.59 Å². The Bertz CT molecular complexity index is 512. The van der Waals surface area contributed by atoms with Crippen LogP contribution in [0.5, 0.6) is 0 Å². The molecule has 2 heterocycles. The molecule has 0 radical (unpaired) electrons. The fraction of sp³-hybridized carbons (Fsp3) is 0.545. The number of aromatic amines is 1. The molecule has 0 unspecified atom stereocenters. The van der Waals surface area contributed by atoms with Crippen LogP contribution in [0.1, 0.15) is 0 Å². The largest absolute Gasteiger partial charge is 0.349 e. The standard InChI is InChI=1S/C11H16IN5O2/c1-16(10-9(12)11(19)15-7-14-10)6-8(18)17-4-2-13-3-5-17/h7,13H,2-6H2,1H3,(H,14,15,19). The Labute approximate surface area is 124 Å². The van der Waals surface area contributed by atoms with Crippen LogP contribution in [0, 0.1) is 3.57 Å². The molecule has 0 bridgehead atoms. The number of amides is 1. The number of anilines is 1. The minimum absolute atomic E-state index is 0.0573. The van der Waals surface area contributed by atoms with Crippen molar-refractivity contribution in [1.82, 2.24) is 20.2 Å². The van der Waals surface area contributed by atoms with Gasteiger partial charge in [-0.2, -0.15) is 0 Å². The molecule has 2 rings (SSSR count). The molecule has 0 aliphatic carbocycles. The first-order valence-corrected chi connectivity index (χ1v) is 7.10. The van der Waals surface area contributed by atoms with E-state index < -0.39 is 0 Å². The maximum Gasteiger partial charge on any atom is 0.266 e. The van der Waals surface area contributed by atoms with E-state index in [0.29, 0.717) is 9.39 Å². The van der Waals surface area contributed by atoms with E-state index >= 15 is 0 Å². The van der Waals surface area contributed by atoms with Crippen LogP contribution in [-0.4, -0.2) is 60.5 Å². The predicted molar refractivity (Wildman–Crippen MR) is 80.3 cm³/mol. The molecule has 1 saturated heterocycles. The average molecular weight is 377 g/mol. The summed E-state index contributed by atoms with van der Waals surface area (Å²) in [5, 5.41) is 3.20. The van der Waals surface area contributed by atoms with Gasteiger partial charge in [0, 0.05) is 33.2 Å². The van der Waals surface area contributed by atoms with Gasteiger partial charge in [-0.05, 0) is 22.6 Å². The van der Waals surface area contributed by atoms with Crippen LogP contribution >= 0.6 is 22.6 Å². The monoisotopic (exact) mass is 377 g/mol. The summed E-state index contributed by atoms with van der Waals surface area (Å²) in [4.78, 5) is 33.8. The molecule has 1 fully saturated rings. The fourth-order valence-electron chi connectivity index (χ4n) is 1.93. The summed E-state index contributed by atoms with van der Waals surface area (Å²) in [7, 11) is 1.77. The maximum atomic E-state index is 12.1. The molecule has 1 aliphatic heterocycles. The third-order valence-electron chi connectivity index (χ3n) is 2.98. The molecule has 0 saturated carbocycles. The van der Waals surface area contributed by atoms with Crippen molar-refractivity contribution in [3.05, 3.63) is 20.3 Å². The molecule has 104 valence electrons. The molecule has 2 N–H and O–H groups in total. The number of H-pyrrole nitrogens is 1. The highest BCUT2D eigenvalue weighted by molar-refractivity contribution is 14.1. The third kappa shape index (κ3) is 3.44. The Balaban J connectivity index is 2.04. The highest BCUT2D eigenvalue weighted by Crippen LogP contribution is 2.13. The number of piperazine rings is 1. The van der Waals surface area contributed by atoms with E-state index in [2.05, 4.69) is 15.3 Å². The lowest BCUT2D eigenvalue weighted by Gasteiger charge is -2.29. The second-order valence-electron chi connectivity index (χ2n) is 4.36. The van der Waals surface area contributed by atoms with Gasteiger partial charge in [0.25, 0.3) is 5.56 Å². The van der Waals surface area contributed by atoms with Gasteiger partial charge >= 0.3 is 0 Å². The van der Waals surface area contributed by atoms with E-state index in [1.807, 2.05) is 27.5 Å². The molecule has 1 aromatic rings. The van der Waals surface area contributed by atoms with E-state index in [4.69, 9.17) is 0 Å². The predicted octanol–water partition coefficient (Wildman–Crippen LogP) is -0.757. The van der Waals surface area contributed by atoms with Crippen molar-refractivity contribution in [3.63, 3.8) is 0 Å². The smallest absolute Gasteiger partial charge is 0.266 e. The van der Waals surface area contributed by atoms with E-state index in [-0.39, 0.29) is 18.0 Å². The van der Waals surface area contributed by atoms with Crippen molar-refractivity contribution in [2.45, 2.75) is 0 Å². The highest BCUT2D eigenvalue weighted by atomic mass is 127. The Morgan fingerprint density at radius 2 is 2.21 bits per heavy atom. The molecule has 0 aromatic carbocycles. The minimum Gasteiger partial charge on any atom is -0.349 e. The van der Waals surface area contributed by atoms with Crippen LogP contribution in [0.15, 0.2) is 11.1 Å². The van der Waals surface area contributed by atoms with Crippen LogP contribution in [0.3, 0.4) is 0 Å². The average Bonchev–Trinajstić information content (AvgIpc) is 2.42. The quantitative estimate of drug-likeness (QED) is 0.678. The minimum atomic E-state index is -0.188. The van der Waals surface area contributed by atoms with Crippen molar-refractivity contribution < 1.29 is 4.79 Å². The van der Waals surface area contributed by atoms with Gasteiger partial charge in [-0.1, -0.05) is 0 Å². The first kappa shape index (κ1) is 14.3. The molecule has 7 nitrogen and oxygen atoms in total. The summed E-state index contributed by atoms with van der Waals surface area (Å²) < 4.78 is 0.496. The zero-order chi connectivity index (χ0) is 13.8. The van der Waals surface area contributed by atoms with E-state index in [0.717, 1.165) is 26.2 Å². The van der Waals surface area contributed by atoms with Gasteiger partial charge in [-0.15, -0.1) is 0 Å². The second-order valence-corrected chi connectivity index (χ2v) is 5.43. The van der Waals surface area contributed by atoms with E-state index in [1.165, 1.54) is 6.33 Å². The molecule has 0 atom stereocenters. The topological polar surface area (TPSA) is 81.3 Å². The number of nitrogens with one attached hydrogen (secondary N) is 2. The van der Waals surface area contributed by atoms with Crippen molar-refractivity contribution in [3.8, 4) is 0 Å². The first-order chi connectivity index (χ1) is 9.09. The second kappa shape index (κ2) is 6.33. The van der Waals surface area contributed by atoms with Crippen LogP contribution in [-0.2, 0) is 4.79 Å². The van der Waals surface area contributed by atoms with Crippen molar-refractivity contribution in [1.29, 1.82) is 0 Å². The van der Waals surface area contributed by atoms with Gasteiger partial charge in [0.05, 0.1) is 12.9 Å². The van der Waals surface area contributed by atoms with Gasteiger partial charge in [0.2, 0.25) is 5.91 Å². The van der Waals surface area contributed by atoms with Gasteiger partial charge in [-0.3, -0.25) is 9.59 Å². The molecule has 19 heavy (non-hydrogen) atoms. The van der Waals surface area contributed by atoms with Crippen LogP contribution in [0.25, 0.3) is 0 Å². The fourth-order valence-corrected chi connectivity index (χ4v) is 2.64. The molecule has 1 aromatic heterocycles. The number of aromatic nitrogens is 2. The summed E-state index contributed by atoms with van der Waals surface area (Å²) in [6.45, 7) is 3.35. The van der Waals surface area contributed by atoms with Crippen LogP contribution < -0.4 is 15.8 Å². The van der Waals surface area contributed by atoms with Crippen molar-refractivity contribution in [2.24, 2.45) is 0 Å². The molecular weight excluding hydrogens is 361 g/mol. The Morgan fingerprint density at radius 3 is 2.89 bits per heavy atom. The zero-order valence-corrected chi connectivity index (χ0v) is 12.8. The molecular formula is C11H16IN5O2. The van der Waals surface area contributed by atoms with Crippen LogP contribution in [0.4, 0.5) is 5.82 Å². The molecule has 8 heteroatoms. The molecule has 1 aliphatic rings. The number of rotatable bonds is 3. The summed E-state index contributed by atoms with van der Waals surface area (Å²) >= 11 is 1.94. The normalized spacial score (nSPS) is 15.4. The number of hydrogen-bond acceptors (Lipinski definition) is 5. The molecule has 0 spiro atoms. The SMILES string of the molecule is CN(CC(=O)N1CCNCC1)c1nc[nH]c(=O)c1I. The van der Waals surface area contributed by atoms with Gasteiger partial charge in [-0.25, -0.2) is 4.98 Å².